The van der Waals surface area contributed by atoms with E-state index in [-0.39, 0.29) is 11.9 Å². The maximum absolute atomic E-state index is 12.7. The van der Waals surface area contributed by atoms with E-state index < -0.39 is 0 Å². The maximum atomic E-state index is 12.7. The number of likely N-dealkylation sites (tertiary alicyclic amines) is 1. The number of ether oxygens (including phenoxy) is 1. The predicted octanol–water partition coefficient (Wildman–Crippen LogP) is 3.00. The van der Waals surface area contributed by atoms with E-state index in [1.165, 1.54) is 19.1 Å². The van der Waals surface area contributed by atoms with Crippen molar-refractivity contribution < 1.29 is 18.5 Å². The Morgan fingerprint density at radius 1 is 1.32 bits per heavy atom. The van der Waals surface area contributed by atoms with Crippen LogP contribution in [0.15, 0.2) is 27.3 Å². The molecule has 1 atom stereocenters. The molecule has 7 heteroatoms. The molecule has 1 saturated carbocycles. The molecule has 1 aliphatic carbocycles. The monoisotopic (exact) mass is 345 g/mol. The molecular weight excluding hydrogens is 322 g/mol. The molecule has 0 spiro atoms. The topological polar surface area (TPSA) is 81.6 Å². The van der Waals surface area contributed by atoms with Crippen LogP contribution in [0.5, 0.6) is 0 Å². The Bertz CT molecular complexity index is 693. The molecule has 0 N–H and O–H groups in total. The molecule has 1 aliphatic heterocycles. The van der Waals surface area contributed by atoms with Gasteiger partial charge in [0.25, 0.3) is 5.91 Å². The van der Waals surface area contributed by atoms with Crippen LogP contribution in [0.1, 0.15) is 60.4 Å². The van der Waals surface area contributed by atoms with Gasteiger partial charge in [0.15, 0.2) is 11.6 Å². The van der Waals surface area contributed by atoms with Crippen LogP contribution in [0.4, 0.5) is 0 Å². The Balaban J connectivity index is 1.39. The summed E-state index contributed by atoms with van der Waals surface area (Å²) in [6, 6.07) is 3.23. The quantitative estimate of drug-likeness (QED) is 0.718. The number of amides is 1. The molecule has 0 bridgehead atoms. The van der Waals surface area contributed by atoms with Gasteiger partial charge in [-0.25, -0.2) is 0 Å². The molecular formula is C18H23N3O4. The first-order valence-electron chi connectivity index (χ1n) is 9.06. The van der Waals surface area contributed by atoms with Crippen molar-refractivity contribution in [2.75, 3.05) is 19.8 Å². The van der Waals surface area contributed by atoms with Gasteiger partial charge in [0.1, 0.15) is 6.04 Å². The maximum Gasteiger partial charge on any atom is 0.290 e. The minimum absolute atomic E-state index is 0.123. The molecule has 7 nitrogen and oxygen atoms in total. The normalized spacial score (nSPS) is 20.8. The fourth-order valence-electron chi connectivity index (χ4n) is 3.18. The summed E-state index contributed by atoms with van der Waals surface area (Å²) in [5.74, 6) is 2.13. The van der Waals surface area contributed by atoms with Crippen molar-refractivity contribution in [3.05, 3.63) is 35.9 Å². The second kappa shape index (κ2) is 7.39. The van der Waals surface area contributed by atoms with E-state index in [0.717, 1.165) is 31.8 Å². The van der Waals surface area contributed by atoms with Crippen molar-refractivity contribution in [3.63, 3.8) is 0 Å². The van der Waals surface area contributed by atoms with Gasteiger partial charge in [0.2, 0.25) is 5.89 Å². The molecule has 2 aromatic rings. The molecule has 4 rings (SSSR count). The first kappa shape index (κ1) is 16.3. The van der Waals surface area contributed by atoms with Crippen molar-refractivity contribution in [2.24, 2.45) is 5.92 Å². The van der Waals surface area contributed by atoms with Crippen LogP contribution in [0.2, 0.25) is 0 Å². The van der Waals surface area contributed by atoms with Gasteiger partial charge in [-0.05, 0) is 50.2 Å². The first-order valence-corrected chi connectivity index (χ1v) is 9.06. The van der Waals surface area contributed by atoms with Crippen LogP contribution in [0.3, 0.4) is 0 Å². The molecule has 1 saturated heterocycles. The van der Waals surface area contributed by atoms with Gasteiger partial charge in [-0.3, -0.25) is 4.79 Å². The lowest BCUT2D eigenvalue weighted by molar-refractivity contribution is 0.0529. The van der Waals surface area contributed by atoms with Gasteiger partial charge in [-0.15, -0.1) is 0 Å². The molecule has 2 fully saturated rings. The zero-order valence-electron chi connectivity index (χ0n) is 14.2. The lowest BCUT2D eigenvalue weighted by Crippen LogP contribution is -2.38. The molecule has 1 unspecified atom stereocenters. The van der Waals surface area contributed by atoms with Crippen LogP contribution in [0, 0.1) is 5.92 Å². The van der Waals surface area contributed by atoms with Crippen LogP contribution in [0.25, 0.3) is 0 Å². The molecule has 2 aromatic heterocycles. The van der Waals surface area contributed by atoms with E-state index in [0.29, 0.717) is 37.0 Å². The Kier molecular flexibility index (Phi) is 4.83. The van der Waals surface area contributed by atoms with Gasteiger partial charge in [0, 0.05) is 19.6 Å². The van der Waals surface area contributed by atoms with E-state index in [2.05, 4.69) is 10.1 Å². The number of hydrogen-bond acceptors (Lipinski definition) is 6. The Morgan fingerprint density at radius 3 is 3.04 bits per heavy atom. The highest BCUT2D eigenvalue weighted by atomic mass is 16.5. The third-order valence-corrected chi connectivity index (χ3v) is 4.78. The summed E-state index contributed by atoms with van der Waals surface area (Å²) >= 11 is 0. The number of hydrogen-bond donors (Lipinski definition) is 0. The molecule has 25 heavy (non-hydrogen) atoms. The Hall–Kier alpha value is -2.15. The van der Waals surface area contributed by atoms with Gasteiger partial charge in [-0.1, -0.05) is 5.16 Å². The van der Waals surface area contributed by atoms with E-state index in [9.17, 15) is 4.79 Å². The van der Waals surface area contributed by atoms with E-state index in [4.69, 9.17) is 13.7 Å². The fraction of sp³-hybridized carbons (Fsp3) is 0.611. The summed E-state index contributed by atoms with van der Waals surface area (Å²) in [6.45, 7) is 2.11. The number of aromatic nitrogens is 2. The third kappa shape index (κ3) is 3.92. The zero-order valence-corrected chi connectivity index (χ0v) is 14.2. The summed E-state index contributed by atoms with van der Waals surface area (Å²) in [5, 5.41) is 4.05. The highest BCUT2D eigenvalue weighted by Crippen LogP contribution is 2.31. The fourth-order valence-corrected chi connectivity index (χ4v) is 3.18. The molecule has 0 radical (unpaired) electrons. The average Bonchev–Trinajstić information content (AvgIpc) is 3.12. The smallest absolute Gasteiger partial charge is 0.290 e. The predicted molar refractivity (Wildman–Crippen MR) is 87.9 cm³/mol. The van der Waals surface area contributed by atoms with Crippen molar-refractivity contribution in [2.45, 2.75) is 44.6 Å². The number of rotatable bonds is 7. The first-order chi connectivity index (χ1) is 12.3. The van der Waals surface area contributed by atoms with Crippen LogP contribution in [-0.2, 0) is 11.2 Å². The van der Waals surface area contributed by atoms with Gasteiger partial charge < -0.3 is 18.6 Å². The van der Waals surface area contributed by atoms with Crippen LogP contribution < -0.4 is 0 Å². The summed E-state index contributed by atoms with van der Waals surface area (Å²) in [4.78, 5) is 18.9. The minimum atomic E-state index is -0.181. The van der Waals surface area contributed by atoms with Crippen LogP contribution >= 0.6 is 0 Å². The minimum Gasteiger partial charge on any atom is -0.459 e. The summed E-state index contributed by atoms with van der Waals surface area (Å²) in [6.07, 6.45) is 7.55. The van der Waals surface area contributed by atoms with Crippen LogP contribution in [-0.4, -0.2) is 40.7 Å². The van der Waals surface area contributed by atoms with E-state index >= 15 is 0 Å². The lowest BCUT2D eigenvalue weighted by Gasteiger charge is -2.32. The van der Waals surface area contributed by atoms with E-state index in [1.807, 2.05) is 0 Å². The largest absolute Gasteiger partial charge is 0.459 e. The summed E-state index contributed by atoms with van der Waals surface area (Å²) in [7, 11) is 0. The van der Waals surface area contributed by atoms with Gasteiger partial charge >= 0.3 is 0 Å². The number of furan rings is 1. The lowest BCUT2D eigenvalue weighted by atomic mass is 10.0. The van der Waals surface area contributed by atoms with E-state index in [1.54, 1.807) is 17.0 Å². The van der Waals surface area contributed by atoms with Crippen molar-refractivity contribution in [1.82, 2.24) is 15.0 Å². The Labute approximate surface area is 146 Å². The number of nitrogens with zero attached hydrogens (tertiary/aromatic N) is 3. The number of carbonyl (C=O) groups is 1. The number of piperidine rings is 1. The second-order valence-corrected chi connectivity index (χ2v) is 6.80. The Morgan fingerprint density at radius 2 is 2.24 bits per heavy atom. The van der Waals surface area contributed by atoms with Gasteiger partial charge in [0.05, 0.1) is 12.9 Å². The SMILES string of the molecule is O=C(c1ccco1)N1CCCCC1c1nc(CCOCC2CC2)no1. The van der Waals surface area contributed by atoms with Crippen molar-refractivity contribution >= 4 is 5.91 Å². The molecule has 3 heterocycles. The summed E-state index contributed by atoms with van der Waals surface area (Å²) < 4.78 is 16.3. The van der Waals surface area contributed by atoms with Gasteiger partial charge in [-0.2, -0.15) is 4.98 Å². The second-order valence-electron chi connectivity index (χ2n) is 6.80. The average molecular weight is 345 g/mol. The van der Waals surface area contributed by atoms with Crippen molar-refractivity contribution in [3.8, 4) is 0 Å². The third-order valence-electron chi connectivity index (χ3n) is 4.78. The standard InChI is InChI=1S/C18H23N3O4/c22-18(15-5-3-10-24-15)21-9-2-1-4-14(21)17-19-16(20-25-17)8-11-23-12-13-6-7-13/h3,5,10,13-14H,1-2,4,6-9,11-12H2. The zero-order chi connectivity index (χ0) is 17.1. The summed E-state index contributed by atoms with van der Waals surface area (Å²) in [5.41, 5.74) is 0. The molecule has 1 amide bonds. The highest BCUT2D eigenvalue weighted by Gasteiger charge is 2.33. The molecule has 0 aromatic carbocycles. The van der Waals surface area contributed by atoms with Crippen molar-refractivity contribution in [1.29, 1.82) is 0 Å². The molecule has 134 valence electrons. The molecule has 2 aliphatic rings. The number of carbonyl (C=O) groups excluding carboxylic acids is 1. The highest BCUT2D eigenvalue weighted by molar-refractivity contribution is 5.91.